The first-order chi connectivity index (χ1) is 26.3. The summed E-state index contributed by atoms with van der Waals surface area (Å²) in [6.45, 7) is 0. The number of benzene rings is 4. The summed E-state index contributed by atoms with van der Waals surface area (Å²) in [7, 11) is 4.12. The van der Waals surface area contributed by atoms with Crippen LogP contribution >= 0.6 is 0 Å². The molecular formula is C46H44N8. The lowest BCUT2D eigenvalue weighted by Crippen LogP contribution is -2.21. The average molecular weight is 709 g/mol. The molecule has 6 atom stereocenters. The summed E-state index contributed by atoms with van der Waals surface area (Å²) in [4.78, 5) is 15.1. The van der Waals surface area contributed by atoms with Crippen molar-refractivity contribution in [3.8, 4) is 0 Å². The van der Waals surface area contributed by atoms with Crippen LogP contribution < -0.4 is 22.5 Å². The maximum Gasteiger partial charge on any atom is 0.0810 e. The highest BCUT2D eigenvalue weighted by atomic mass is 15.0. The monoisotopic (exact) mass is 708 g/mol. The molecule has 6 unspecified atom stereocenters. The van der Waals surface area contributed by atoms with Gasteiger partial charge in [0.1, 0.15) is 0 Å². The summed E-state index contributed by atoms with van der Waals surface area (Å²) in [5, 5.41) is 3.27. The Hall–Kier alpha value is -6.54. The molecule has 8 N–H and O–H groups in total. The van der Waals surface area contributed by atoms with Gasteiger partial charge in [-0.25, -0.2) is 0 Å². The van der Waals surface area contributed by atoms with E-state index in [1.54, 1.807) is 0 Å². The molecule has 0 spiro atoms. The zero-order valence-corrected chi connectivity index (χ0v) is 30.4. The Morgan fingerprint density at radius 3 is 1.31 bits per heavy atom. The molecule has 0 radical (unpaired) electrons. The highest BCUT2D eigenvalue weighted by molar-refractivity contribution is 6.05. The zero-order chi connectivity index (χ0) is 36.9. The second-order valence-corrected chi connectivity index (χ2v) is 14.6. The third-order valence-electron chi connectivity index (χ3n) is 11.4. The molecule has 3 aliphatic heterocycles. The Kier molecular flexibility index (Phi) is 8.30. The Bertz CT molecular complexity index is 2430. The second kappa shape index (κ2) is 13.5. The van der Waals surface area contributed by atoms with E-state index in [1.807, 2.05) is 43.4 Å². The van der Waals surface area contributed by atoms with Gasteiger partial charge < -0.3 is 32.1 Å². The van der Waals surface area contributed by atoms with Crippen molar-refractivity contribution in [1.29, 1.82) is 0 Å². The van der Waals surface area contributed by atoms with Crippen LogP contribution in [0.1, 0.15) is 68.7 Å². The Balaban J connectivity index is 1.28. The van der Waals surface area contributed by atoms with Gasteiger partial charge in [-0.2, -0.15) is 0 Å². The normalized spacial score (nSPS) is 22.9. The van der Waals surface area contributed by atoms with Crippen LogP contribution in [0.4, 0.5) is 22.7 Å². The lowest BCUT2D eigenvalue weighted by molar-refractivity contribution is 0.665. The first-order valence-corrected chi connectivity index (χ1v) is 18.5. The van der Waals surface area contributed by atoms with Gasteiger partial charge in [0.15, 0.2) is 0 Å². The molecule has 5 heterocycles. The van der Waals surface area contributed by atoms with Gasteiger partial charge in [-0.3, -0.25) is 9.98 Å². The molecule has 0 saturated heterocycles. The number of nitrogens with two attached hydrogens (primary N) is 3. The van der Waals surface area contributed by atoms with Gasteiger partial charge in [0.2, 0.25) is 0 Å². The van der Waals surface area contributed by atoms with E-state index in [0.29, 0.717) is 0 Å². The van der Waals surface area contributed by atoms with Crippen LogP contribution in [0.25, 0.3) is 0 Å². The Morgan fingerprint density at radius 1 is 0.519 bits per heavy atom. The molecule has 2 aromatic heterocycles. The Morgan fingerprint density at radius 2 is 0.907 bits per heavy atom. The van der Waals surface area contributed by atoms with Crippen molar-refractivity contribution in [2.24, 2.45) is 17.0 Å². The van der Waals surface area contributed by atoms with Crippen LogP contribution in [0.5, 0.6) is 0 Å². The molecule has 8 bridgehead atoms. The molecule has 6 aromatic rings. The SMILES string of the molecule is CNc1ccc(C2C3=NC(C=C3)C(c3ccc(N)cc3)c3ccc([nH]3)C(c3ccc(N)cc3)C3C=CC(=N3)C(c3ccc(N)cc3)c3ccc2n3C)cc1. The van der Waals surface area contributed by atoms with Crippen LogP contribution in [0, 0.1) is 0 Å². The van der Waals surface area contributed by atoms with E-state index in [4.69, 9.17) is 27.2 Å². The third-order valence-corrected chi connectivity index (χ3v) is 11.4. The van der Waals surface area contributed by atoms with Crippen LogP contribution in [0.3, 0.4) is 0 Å². The topological polar surface area (TPSA) is 136 Å². The molecule has 9 rings (SSSR count). The molecule has 4 aromatic carbocycles. The summed E-state index contributed by atoms with van der Waals surface area (Å²) in [6, 6.07) is 42.0. The lowest BCUT2D eigenvalue weighted by atomic mass is 9.89. The molecule has 8 heteroatoms. The summed E-state index contributed by atoms with van der Waals surface area (Å²) in [5.41, 5.74) is 33.0. The molecular weight excluding hydrogens is 665 g/mol. The summed E-state index contributed by atoms with van der Waals surface area (Å²) < 4.78 is 2.35. The number of allylic oxidation sites excluding steroid dienone is 2. The van der Waals surface area contributed by atoms with Gasteiger partial charge >= 0.3 is 0 Å². The molecule has 0 saturated carbocycles. The van der Waals surface area contributed by atoms with Gasteiger partial charge in [0.25, 0.3) is 0 Å². The number of aliphatic imine (C=N–C) groups is 2. The van der Waals surface area contributed by atoms with Gasteiger partial charge in [0.05, 0.1) is 35.8 Å². The number of hydrogen-bond donors (Lipinski definition) is 5. The number of nitrogens with one attached hydrogen (secondary N) is 2. The minimum absolute atomic E-state index is 0.0718. The summed E-state index contributed by atoms with van der Waals surface area (Å²) in [5.74, 6) is -0.378. The lowest BCUT2D eigenvalue weighted by Gasteiger charge is -2.25. The van der Waals surface area contributed by atoms with E-state index in [-0.39, 0.29) is 35.8 Å². The predicted molar refractivity (Wildman–Crippen MR) is 223 cm³/mol. The number of rotatable bonds is 5. The van der Waals surface area contributed by atoms with E-state index in [2.05, 4.69) is 131 Å². The summed E-state index contributed by atoms with van der Waals surface area (Å²) in [6.07, 6.45) is 8.95. The molecule has 0 aliphatic carbocycles. The van der Waals surface area contributed by atoms with Crippen LogP contribution in [-0.2, 0) is 7.05 Å². The van der Waals surface area contributed by atoms with Crippen molar-refractivity contribution in [2.45, 2.75) is 35.8 Å². The third kappa shape index (κ3) is 5.90. The number of aromatic nitrogens is 2. The second-order valence-electron chi connectivity index (χ2n) is 14.6. The van der Waals surface area contributed by atoms with Crippen molar-refractivity contribution in [1.82, 2.24) is 9.55 Å². The van der Waals surface area contributed by atoms with Gasteiger partial charge in [-0.1, -0.05) is 60.7 Å². The minimum Gasteiger partial charge on any atom is -0.399 e. The van der Waals surface area contributed by atoms with Crippen molar-refractivity contribution in [3.05, 3.63) is 191 Å². The molecule has 0 fully saturated rings. The standard InChI is InChI=1S/C46H44N8/c1-50-34-17-9-30(10-18-34)46-40-24-22-38(53-40)44(28-5-13-32(48)14-6-28)36-20-19-35(51-36)43(27-3-11-31(47)12-4-27)37-21-23-39(52-37)45(29-7-15-33(49)16-8-29)41-25-26-42(46)54(41)2/h3-26,37-38,43-46,50-51H,47-49H2,1-2H3. The number of H-pyrrole nitrogens is 1. The smallest absolute Gasteiger partial charge is 0.0810 e. The largest absolute Gasteiger partial charge is 0.399 e. The van der Waals surface area contributed by atoms with Crippen LogP contribution in [0.2, 0.25) is 0 Å². The molecule has 268 valence electrons. The van der Waals surface area contributed by atoms with Crippen molar-refractivity contribution >= 4 is 34.2 Å². The van der Waals surface area contributed by atoms with Crippen LogP contribution in [-0.4, -0.2) is 40.1 Å². The number of aromatic amines is 1. The first-order valence-electron chi connectivity index (χ1n) is 18.5. The molecule has 8 nitrogen and oxygen atoms in total. The number of nitrogens with zero attached hydrogens (tertiary/aromatic N) is 3. The van der Waals surface area contributed by atoms with E-state index >= 15 is 0 Å². The highest BCUT2D eigenvalue weighted by Gasteiger charge is 2.36. The molecule has 54 heavy (non-hydrogen) atoms. The van der Waals surface area contributed by atoms with Crippen molar-refractivity contribution in [3.63, 3.8) is 0 Å². The minimum atomic E-state index is -0.150. The predicted octanol–water partition coefficient (Wildman–Crippen LogP) is 8.14. The average Bonchev–Trinajstić information content (AvgIpc) is 4.02. The maximum atomic E-state index is 6.22. The summed E-state index contributed by atoms with van der Waals surface area (Å²) >= 11 is 0. The molecule has 0 amide bonds. The van der Waals surface area contributed by atoms with Gasteiger partial charge in [0, 0.05) is 71.0 Å². The Labute approximate surface area is 315 Å². The van der Waals surface area contributed by atoms with Crippen LogP contribution in [0.15, 0.2) is 156 Å². The fourth-order valence-corrected chi connectivity index (χ4v) is 8.58. The molecule has 3 aliphatic rings. The van der Waals surface area contributed by atoms with Gasteiger partial charge in [-0.15, -0.1) is 0 Å². The highest BCUT2D eigenvalue weighted by Crippen LogP contribution is 2.42. The quantitative estimate of drug-likeness (QED) is 0.116. The van der Waals surface area contributed by atoms with E-state index in [0.717, 1.165) is 73.6 Å². The van der Waals surface area contributed by atoms with Crippen molar-refractivity contribution < 1.29 is 0 Å². The van der Waals surface area contributed by atoms with Gasteiger partial charge in [-0.05, 0) is 107 Å². The fraction of sp³-hybridized carbons (Fsp3) is 0.174. The van der Waals surface area contributed by atoms with Crippen molar-refractivity contribution in [2.75, 3.05) is 29.6 Å². The first kappa shape index (κ1) is 33.3. The number of nitrogen functional groups attached to an aromatic ring is 3. The number of hydrogen-bond acceptors (Lipinski definition) is 6. The maximum absolute atomic E-state index is 6.22. The fourth-order valence-electron chi connectivity index (χ4n) is 8.58. The number of fused-ring (bicyclic) bond motifs is 6. The van der Waals surface area contributed by atoms with E-state index < -0.39 is 0 Å². The van der Waals surface area contributed by atoms with E-state index in [1.165, 1.54) is 5.56 Å². The van der Waals surface area contributed by atoms with E-state index in [9.17, 15) is 0 Å². The zero-order valence-electron chi connectivity index (χ0n) is 30.4. The number of anilines is 4.